The van der Waals surface area contributed by atoms with Gasteiger partial charge in [-0.1, -0.05) is 20.8 Å². The molecule has 13 heavy (non-hydrogen) atoms. The zero-order valence-corrected chi connectivity index (χ0v) is 8.55. The molecular weight excluding hydrogens is 164 g/mol. The van der Waals surface area contributed by atoms with Gasteiger partial charge in [0.25, 0.3) is 0 Å². The first-order chi connectivity index (χ1) is 6.00. The molecule has 2 rings (SSSR count). The van der Waals surface area contributed by atoms with Gasteiger partial charge in [0.05, 0.1) is 0 Å². The lowest BCUT2D eigenvalue weighted by atomic mass is 9.95. The van der Waals surface area contributed by atoms with E-state index in [2.05, 4.69) is 10.6 Å². The van der Waals surface area contributed by atoms with Gasteiger partial charge in [0.2, 0.25) is 5.91 Å². The molecule has 2 fully saturated rings. The summed E-state index contributed by atoms with van der Waals surface area (Å²) >= 11 is 0. The number of piperidine rings is 1. The normalized spacial score (nSPS) is 37.0. The molecule has 3 heteroatoms. The molecule has 1 saturated heterocycles. The molecule has 0 aromatic carbocycles. The fraction of sp³-hybridized carbons (Fsp3) is 0.900. The van der Waals surface area contributed by atoms with Crippen LogP contribution in [0.1, 0.15) is 20.8 Å². The van der Waals surface area contributed by atoms with Crippen LogP contribution in [0.2, 0.25) is 0 Å². The topological polar surface area (TPSA) is 41.1 Å². The minimum absolute atomic E-state index is 0.187. The van der Waals surface area contributed by atoms with Crippen molar-refractivity contribution in [1.29, 1.82) is 0 Å². The maximum absolute atomic E-state index is 11.6. The highest BCUT2D eigenvalue weighted by molar-refractivity contribution is 5.82. The van der Waals surface area contributed by atoms with Gasteiger partial charge >= 0.3 is 0 Å². The number of nitrogens with one attached hydrogen (secondary N) is 2. The lowest BCUT2D eigenvalue weighted by molar-refractivity contribution is -0.128. The second-order valence-corrected chi connectivity index (χ2v) is 5.24. The van der Waals surface area contributed by atoms with Gasteiger partial charge in [0.15, 0.2) is 0 Å². The number of rotatable bonds is 1. The fourth-order valence-corrected chi connectivity index (χ4v) is 2.00. The van der Waals surface area contributed by atoms with Crippen LogP contribution in [0.5, 0.6) is 0 Å². The molecule has 74 valence electrons. The molecular formula is C10H18N2O. The van der Waals surface area contributed by atoms with Crippen molar-refractivity contribution in [2.75, 3.05) is 13.1 Å². The van der Waals surface area contributed by atoms with Crippen LogP contribution in [-0.2, 0) is 4.79 Å². The number of carbonyl (C=O) groups is 1. The molecule has 2 unspecified atom stereocenters. The first-order valence-corrected chi connectivity index (χ1v) is 5.02. The Bertz CT molecular complexity index is 222. The third-order valence-electron chi connectivity index (χ3n) is 3.07. The van der Waals surface area contributed by atoms with Crippen molar-refractivity contribution >= 4 is 5.91 Å². The summed E-state index contributed by atoms with van der Waals surface area (Å²) in [5, 5.41) is 6.43. The molecule has 2 atom stereocenters. The van der Waals surface area contributed by atoms with Gasteiger partial charge in [0, 0.05) is 24.5 Å². The van der Waals surface area contributed by atoms with Crippen LogP contribution in [-0.4, -0.2) is 25.0 Å². The maximum Gasteiger partial charge on any atom is 0.225 e. The minimum atomic E-state index is -0.246. The van der Waals surface area contributed by atoms with Crippen molar-refractivity contribution in [2.24, 2.45) is 17.3 Å². The molecule has 1 aliphatic carbocycles. The standard InChI is InChI=1S/C10H18N2O/c1-10(2,3)9(13)12-8-6-4-11-5-7(6)8/h6-8,11H,4-5H2,1-3H3,(H,12,13). The van der Waals surface area contributed by atoms with Crippen molar-refractivity contribution in [3.63, 3.8) is 0 Å². The summed E-state index contributed by atoms with van der Waals surface area (Å²) < 4.78 is 0. The second-order valence-electron chi connectivity index (χ2n) is 5.24. The van der Waals surface area contributed by atoms with E-state index in [-0.39, 0.29) is 11.3 Å². The van der Waals surface area contributed by atoms with Crippen LogP contribution in [0.3, 0.4) is 0 Å². The summed E-state index contributed by atoms with van der Waals surface area (Å²) in [7, 11) is 0. The Kier molecular flexibility index (Phi) is 1.88. The summed E-state index contributed by atoms with van der Waals surface area (Å²) in [6.07, 6.45) is 0. The molecule has 2 N–H and O–H groups in total. The molecule has 0 aromatic heterocycles. The molecule has 0 radical (unpaired) electrons. The highest BCUT2D eigenvalue weighted by Gasteiger charge is 2.54. The molecule has 0 aromatic rings. The number of carbonyl (C=O) groups excluding carboxylic acids is 1. The van der Waals surface area contributed by atoms with Crippen LogP contribution in [0.15, 0.2) is 0 Å². The molecule has 0 spiro atoms. The quantitative estimate of drug-likeness (QED) is 0.615. The largest absolute Gasteiger partial charge is 0.352 e. The number of fused-ring (bicyclic) bond motifs is 1. The van der Waals surface area contributed by atoms with Crippen molar-refractivity contribution in [3.05, 3.63) is 0 Å². The van der Waals surface area contributed by atoms with Crippen LogP contribution >= 0.6 is 0 Å². The van der Waals surface area contributed by atoms with E-state index in [9.17, 15) is 4.79 Å². The van der Waals surface area contributed by atoms with Crippen LogP contribution in [0.25, 0.3) is 0 Å². The first-order valence-electron chi connectivity index (χ1n) is 5.02. The summed E-state index contributed by atoms with van der Waals surface area (Å²) in [5.41, 5.74) is -0.246. The highest BCUT2D eigenvalue weighted by Crippen LogP contribution is 2.41. The van der Waals surface area contributed by atoms with Gasteiger partial charge in [-0.05, 0) is 11.8 Å². The van der Waals surface area contributed by atoms with Gasteiger partial charge in [-0.2, -0.15) is 0 Å². The molecule has 1 amide bonds. The number of hydrogen-bond donors (Lipinski definition) is 2. The van der Waals surface area contributed by atoms with Crippen molar-refractivity contribution in [1.82, 2.24) is 10.6 Å². The fourth-order valence-electron chi connectivity index (χ4n) is 2.00. The van der Waals surface area contributed by atoms with Crippen LogP contribution in [0.4, 0.5) is 0 Å². The Labute approximate surface area is 79.3 Å². The van der Waals surface area contributed by atoms with Crippen molar-refractivity contribution in [2.45, 2.75) is 26.8 Å². The van der Waals surface area contributed by atoms with E-state index < -0.39 is 0 Å². The van der Waals surface area contributed by atoms with Crippen molar-refractivity contribution < 1.29 is 4.79 Å². The van der Waals surface area contributed by atoms with E-state index in [1.807, 2.05) is 20.8 Å². The van der Waals surface area contributed by atoms with Gasteiger partial charge in [0.1, 0.15) is 0 Å². The Morgan fingerprint density at radius 2 is 1.85 bits per heavy atom. The molecule has 1 aliphatic heterocycles. The summed E-state index contributed by atoms with van der Waals surface area (Å²) in [6, 6.07) is 0.466. The van der Waals surface area contributed by atoms with Crippen LogP contribution < -0.4 is 10.6 Å². The SMILES string of the molecule is CC(C)(C)C(=O)NC1C2CNCC21. The first kappa shape index (κ1) is 9.00. The highest BCUT2D eigenvalue weighted by atomic mass is 16.2. The zero-order valence-electron chi connectivity index (χ0n) is 8.55. The Morgan fingerprint density at radius 1 is 1.31 bits per heavy atom. The average molecular weight is 182 g/mol. The zero-order chi connectivity index (χ0) is 9.64. The predicted octanol–water partition coefficient (Wildman–Crippen LogP) is 0.366. The average Bonchev–Trinajstić information content (AvgIpc) is 2.47. The predicted molar refractivity (Wildman–Crippen MR) is 51.2 cm³/mol. The Hall–Kier alpha value is -0.570. The van der Waals surface area contributed by atoms with Gasteiger partial charge < -0.3 is 10.6 Å². The van der Waals surface area contributed by atoms with E-state index in [1.54, 1.807) is 0 Å². The lowest BCUT2D eigenvalue weighted by Gasteiger charge is -2.18. The van der Waals surface area contributed by atoms with E-state index in [0.29, 0.717) is 17.9 Å². The van der Waals surface area contributed by atoms with E-state index in [4.69, 9.17) is 0 Å². The third-order valence-corrected chi connectivity index (χ3v) is 3.07. The number of amides is 1. The molecule has 0 bridgehead atoms. The second kappa shape index (κ2) is 2.71. The van der Waals surface area contributed by atoms with Gasteiger partial charge in [-0.25, -0.2) is 0 Å². The summed E-state index contributed by atoms with van der Waals surface area (Å²) in [4.78, 5) is 11.6. The molecule has 2 aliphatic rings. The molecule has 1 saturated carbocycles. The van der Waals surface area contributed by atoms with Crippen molar-refractivity contribution in [3.8, 4) is 0 Å². The summed E-state index contributed by atoms with van der Waals surface area (Å²) in [5.74, 6) is 1.62. The minimum Gasteiger partial charge on any atom is -0.352 e. The Morgan fingerprint density at radius 3 is 2.31 bits per heavy atom. The van der Waals surface area contributed by atoms with Crippen LogP contribution in [0, 0.1) is 17.3 Å². The smallest absolute Gasteiger partial charge is 0.225 e. The maximum atomic E-state index is 11.6. The van der Waals surface area contributed by atoms with E-state index in [1.165, 1.54) is 0 Å². The molecule has 3 nitrogen and oxygen atoms in total. The monoisotopic (exact) mass is 182 g/mol. The third kappa shape index (κ3) is 1.57. The Balaban J connectivity index is 1.84. The van der Waals surface area contributed by atoms with E-state index >= 15 is 0 Å². The summed E-state index contributed by atoms with van der Waals surface area (Å²) in [6.45, 7) is 8.04. The number of hydrogen-bond acceptors (Lipinski definition) is 2. The van der Waals surface area contributed by atoms with Gasteiger partial charge in [-0.15, -0.1) is 0 Å². The van der Waals surface area contributed by atoms with E-state index in [0.717, 1.165) is 13.1 Å². The van der Waals surface area contributed by atoms with Gasteiger partial charge in [-0.3, -0.25) is 4.79 Å². The molecule has 1 heterocycles. The lowest BCUT2D eigenvalue weighted by Crippen LogP contribution is -2.39.